The first-order valence-corrected chi connectivity index (χ1v) is 5.53. The van der Waals surface area contributed by atoms with Gasteiger partial charge in [0.25, 0.3) is 0 Å². The van der Waals surface area contributed by atoms with Crippen molar-refractivity contribution in [2.75, 3.05) is 6.54 Å². The summed E-state index contributed by atoms with van der Waals surface area (Å²) >= 11 is 0. The zero-order valence-electron chi connectivity index (χ0n) is 8.79. The minimum atomic E-state index is 0.431. The molecule has 0 radical (unpaired) electrons. The molecule has 0 aromatic heterocycles. The maximum Gasteiger partial charge on any atom is 0.00733 e. The molecule has 3 aliphatic carbocycles. The Bertz CT molecular complexity index is 200. The van der Waals surface area contributed by atoms with Gasteiger partial charge in [-0.05, 0) is 49.0 Å². The first kappa shape index (κ1) is 9.47. The topological polar surface area (TPSA) is 52.0 Å². The zero-order valence-corrected chi connectivity index (χ0v) is 8.79. The molecule has 0 amide bonds. The van der Waals surface area contributed by atoms with E-state index in [-0.39, 0.29) is 0 Å². The molecule has 3 rings (SSSR count). The van der Waals surface area contributed by atoms with E-state index in [2.05, 4.69) is 13.8 Å². The van der Waals surface area contributed by atoms with E-state index in [0.29, 0.717) is 17.4 Å². The van der Waals surface area contributed by atoms with Crippen LogP contribution in [0.2, 0.25) is 0 Å². The maximum atomic E-state index is 6.15. The Morgan fingerprint density at radius 2 is 2.00 bits per heavy atom. The summed E-state index contributed by atoms with van der Waals surface area (Å²) in [5, 5.41) is 0. The van der Waals surface area contributed by atoms with Crippen LogP contribution in [-0.4, -0.2) is 12.6 Å². The summed E-state index contributed by atoms with van der Waals surface area (Å²) in [6, 6.07) is 0.431. The zero-order chi connectivity index (χ0) is 9.64. The van der Waals surface area contributed by atoms with Crippen LogP contribution in [0.25, 0.3) is 0 Å². The monoisotopic (exact) mass is 182 g/mol. The van der Waals surface area contributed by atoms with Gasteiger partial charge in [-0.15, -0.1) is 0 Å². The third-order valence-corrected chi connectivity index (χ3v) is 4.67. The molecule has 4 N–H and O–H groups in total. The molecule has 0 spiro atoms. The highest BCUT2D eigenvalue weighted by Crippen LogP contribution is 2.61. The molecule has 3 saturated carbocycles. The molecule has 13 heavy (non-hydrogen) atoms. The minimum absolute atomic E-state index is 0.431. The second kappa shape index (κ2) is 2.96. The number of hydrogen-bond acceptors (Lipinski definition) is 2. The second-order valence-electron chi connectivity index (χ2n) is 5.50. The minimum Gasteiger partial charge on any atom is -0.330 e. The molecular formula is C11H22N2. The van der Waals surface area contributed by atoms with Gasteiger partial charge < -0.3 is 11.5 Å². The highest BCUT2D eigenvalue weighted by atomic mass is 14.8. The highest BCUT2D eigenvalue weighted by Gasteiger charge is 2.56. The molecule has 2 bridgehead atoms. The van der Waals surface area contributed by atoms with E-state index in [1.807, 2.05) is 0 Å². The van der Waals surface area contributed by atoms with E-state index in [4.69, 9.17) is 11.5 Å². The van der Waals surface area contributed by atoms with Crippen LogP contribution in [0.4, 0.5) is 0 Å². The van der Waals surface area contributed by atoms with Crippen LogP contribution in [0.15, 0.2) is 0 Å². The largest absolute Gasteiger partial charge is 0.330 e. The Morgan fingerprint density at radius 3 is 2.54 bits per heavy atom. The first-order valence-electron chi connectivity index (χ1n) is 5.53. The van der Waals surface area contributed by atoms with Gasteiger partial charge in [-0.3, -0.25) is 0 Å². The summed E-state index contributed by atoms with van der Waals surface area (Å²) in [6.45, 7) is 5.61. The van der Waals surface area contributed by atoms with Crippen molar-refractivity contribution in [2.45, 2.75) is 39.2 Å². The van der Waals surface area contributed by atoms with Gasteiger partial charge in [0.05, 0.1) is 0 Å². The van der Waals surface area contributed by atoms with Crippen molar-refractivity contribution >= 4 is 0 Å². The van der Waals surface area contributed by atoms with Crippen molar-refractivity contribution in [1.82, 2.24) is 0 Å². The molecule has 4 atom stereocenters. The fourth-order valence-electron chi connectivity index (χ4n) is 3.59. The van der Waals surface area contributed by atoms with E-state index in [9.17, 15) is 0 Å². The van der Waals surface area contributed by atoms with Gasteiger partial charge in [0.1, 0.15) is 0 Å². The van der Waals surface area contributed by atoms with E-state index in [1.165, 1.54) is 12.8 Å². The predicted octanol–water partition coefficient (Wildman–Crippen LogP) is 1.34. The molecule has 3 fully saturated rings. The van der Waals surface area contributed by atoms with Crippen LogP contribution >= 0.6 is 0 Å². The molecule has 2 heteroatoms. The molecule has 4 unspecified atom stereocenters. The van der Waals surface area contributed by atoms with Crippen LogP contribution in [0.3, 0.4) is 0 Å². The van der Waals surface area contributed by atoms with Gasteiger partial charge in [0.2, 0.25) is 0 Å². The molecule has 0 heterocycles. The molecule has 3 aliphatic rings. The summed E-state index contributed by atoms with van der Waals surface area (Å²) in [5.41, 5.74) is 12.3. The van der Waals surface area contributed by atoms with Crippen molar-refractivity contribution < 1.29 is 0 Å². The Labute approximate surface area is 81.1 Å². The smallest absolute Gasteiger partial charge is 0.00733 e. The summed E-state index contributed by atoms with van der Waals surface area (Å²) in [4.78, 5) is 0. The molecule has 0 aromatic rings. The van der Waals surface area contributed by atoms with Crippen molar-refractivity contribution in [1.29, 1.82) is 0 Å². The van der Waals surface area contributed by atoms with E-state index < -0.39 is 0 Å². The highest BCUT2D eigenvalue weighted by molar-refractivity contribution is 5.07. The number of fused-ring (bicyclic) bond motifs is 2. The number of rotatable bonds is 2. The van der Waals surface area contributed by atoms with E-state index >= 15 is 0 Å². The molecular weight excluding hydrogens is 160 g/mol. The average Bonchev–Trinajstić information content (AvgIpc) is 2.08. The van der Waals surface area contributed by atoms with Crippen LogP contribution in [-0.2, 0) is 0 Å². The molecule has 0 aliphatic heterocycles. The number of hydrogen-bond donors (Lipinski definition) is 2. The molecule has 0 saturated heterocycles. The van der Waals surface area contributed by atoms with Crippen LogP contribution in [0.5, 0.6) is 0 Å². The van der Waals surface area contributed by atoms with Gasteiger partial charge in [-0.1, -0.05) is 13.8 Å². The van der Waals surface area contributed by atoms with Crippen molar-refractivity contribution in [3.8, 4) is 0 Å². The molecule has 2 nitrogen and oxygen atoms in total. The third-order valence-electron chi connectivity index (χ3n) is 4.67. The summed E-state index contributed by atoms with van der Waals surface area (Å²) < 4.78 is 0. The average molecular weight is 182 g/mol. The second-order valence-corrected chi connectivity index (χ2v) is 5.50. The Balaban J connectivity index is 2.08. The lowest BCUT2D eigenvalue weighted by Gasteiger charge is -2.62. The quantitative estimate of drug-likeness (QED) is 0.677. The summed E-state index contributed by atoms with van der Waals surface area (Å²) in [7, 11) is 0. The van der Waals surface area contributed by atoms with Crippen molar-refractivity contribution in [2.24, 2.45) is 34.6 Å². The third kappa shape index (κ3) is 1.23. The van der Waals surface area contributed by atoms with Gasteiger partial charge in [0, 0.05) is 6.04 Å². The first-order chi connectivity index (χ1) is 6.07. The van der Waals surface area contributed by atoms with Gasteiger partial charge in [0.15, 0.2) is 0 Å². The normalized spacial score (nSPS) is 47.1. The Morgan fingerprint density at radius 1 is 1.31 bits per heavy atom. The lowest BCUT2D eigenvalue weighted by molar-refractivity contribution is -0.115. The maximum absolute atomic E-state index is 6.15. The van der Waals surface area contributed by atoms with Crippen LogP contribution in [0, 0.1) is 23.2 Å². The van der Waals surface area contributed by atoms with Gasteiger partial charge in [-0.2, -0.15) is 0 Å². The van der Waals surface area contributed by atoms with Gasteiger partial charge in [-0.25, -0.2) is 0 Å². The summed E-state index contributed by atoms with van der Waals surface area (Å²) in [6.07, 6.45) is 3.77. The van der Waals surface area contributed by atoms with Gasteiger partial charge >= 0.3 is 0 Å². The number of nitrogens with two attached hydrogens (primary N) is 2. The Hall–Kier alpha value is -0.0800. The summed E-state index contributed by atoms with van der Waals surface area (Å²) in [5.74, 6) is 2.44. The molecule has 0 aromatic carbocycles. The fourth-order valence-corrected chi connectivity index (χ4v) is 3.59. The lowest BCUT2D eigenvalue weighted by Crippen LogP contribution is -2.60. The SMILES string of the molecule is CC1(C)C2CC(N)C(CCN)C1C2. The lowest BCUT2D eigenvalue weighted by atomic mass is 9.44. The van der Waals surface area contributed by atoms with E-state index in [1.54, 1.807) is 0 Å². The van der Waals surface area contributed by atoms with Crippen LogP contribution in [0.1, 0.15) is 33.1 Å². The fraction of sp³-hybridized carbons (Fsp3) is 1.00. The predicted molar refractivity (Wildman–Crippen MR) is 55.1 cm³/mol. The van der Waals surface area contributed by atoms with Crippen LogP contribution < -0.4 is 11.5 Å². The standard InChI is InChI=1S/C11H22N2/c1-11(2)7-5-9(11)8(3-4-12)10(13)6-7/h7-10H,3-6,12-13H2,1-2H3. The van der Waals surface area contributed by atoms with Crippen molar-refractivity contribution in [3.05, 3.63) is 0 Å². The molecule has 76 valence electrons. The van der Waals surface area contributed by atoms with E-state index in [0.717, 1.165) is 24.8 Å². The van der Waals surface area contributed by atoms with Crippen molar-refractivity contribution in [3.63, 3.8) is 0 Å². The Kier molecular flexibility index (Phi) is 2.16.